The van der Waals surface area contributed by atoms with Gasteiger partial charge in [-0.1, -0.05) is 33.6 Å². The number of anilines is 1. The number of hydrogen-bond donors (Lipinski definition) is 2. The summed E-state index contributed by atoms with van der Waals surface area (Å²) in [6.45, 7) is -1.29. The zero-order valence-electron chi connectivity index (χ0n) is 14.1. The molecule has 0 saturated carbocycles. The molecule has 2 aromatic rings. The van der Waals surface area contributed by atoms with Crippen LogP contribution in [0.1, 0.15) is 5.56 Å². The summed E-state index contributed by atoms with van der Waals surface area (Å²) in [4.78, 5) is 23.3. The molecular formula is C17H13BrClN3O5S. The smallest absolute Gasteiger partial charge is 0.321 e. The molecule has 1 amide bonds. The highest BCUT2D eigenvalue weighted by Gasteiger charge is 2.20. The van der Waals surface area contributed by atoms with Crippen LogP contribution in [0.4, 0.5) is 5.69 Å². The topological polar surface area (TPSA) is 125 Å². The largest absolute Gasteiger partial charge is 0.455 e. The number of rotatable bonds is 7. The Bertz CT molecular complexity index is 1050. The lowest BCUT2D eigenvalue weighted by Crippen LogP contribution is -2.32. The van der Waals surface area contributed by atoms with Gasteiger partial charge in [-0.15, -0.1) is 0 Å². The van der Waals surface area contributed by atoms with Gasteiger partial charge in [-0.2, -0.15) is 9.98 Å². The minimum atomic E-state index is -4.03. The number of benzene rings is 2. The summed E-state index contributed by atoms with van der Waals surface area (Å²) < 4.78 is 31.8. The van der Waals surface area contributed by atoms with Crippen LogP contribution in [0.15, 0.2) is 51.8 Å². The molecule has 0 heterocycles. The van der Waals surface area contributed by atoms with Gasteiger partial charge in [0.1, 0.15) is 11.4 Å². The summed E-state index contributed by atoms with van der Waals surface area (Å²) in [5.74, 6) is -1.58. The van der Waals surface area contributed by atoms with E-state index < -0.39 is 35.1 Å². The van der Waals surface area contributed by atoms with E-state index in [4.69, 9.17) is 21.6 Å². The van der Waals surface area contributed by atoms with Crippen LogP contribution in [-0.4, -0.2) is 33.4 Å². The molecule has 2 N–H and O–H groups in total. The standard InChI is InChI=1S/C17H13BrClN3O5S/c18-12-4-5-15(14(19)7-12)28(25,26)21-9-17(24)27-10-16(23)22-13-3-1-2-11(6-13)8-20/h1-7,21H,9-10H2,(H,22,23). The Morgan fingerprint density at radius 1 is 1.21 bits per heavy atom. The summed E-state index contributed by atoms with van der Waals surface area (Å²) in [5, 5.41) is 11.2. The van der Waals surface area contributed by atoms with Crippen LogP contribution >= 0.6 is 27.5 Å². The van der Waals surface area contributed by atoms with E-state index in [-0.39, 0.29) is 9.92 Å². The third-order valence-electron chi connectivity index (χ3n) is 3.23. The van der Waals surface area contributed by atoms with Gasteiger partial charge in [0.05, 0.1) is 16.7 Å². The molecule has 0 aliphatic rings. The van der Waals surface area contributed by atoms with Crippen LogP contribution in [0.25, 0.3) is 0 Å². The zero-order valence-corrected chi connectivity index (χ0v) is 17.3. The minimum Gasteiger partial charge on any atom is -0.455 e. The Morgan fingerprint density at radius 3 is 2.64 bits per heavy atom. The maximum Gasteiger partial charge on any atom is 0.321 e. The van der Waals surface area contributed by atoms with Crippen molar-refractivity contribution in [2.24, 2.45) is 0 Å². The fourth-order valence-electron chi connectivity index (χ4n) is 1.99. The lowest BCUT2D eigenvalue weighted by molar-refractivity contribution is -0.146. The fourth-order valence-corrected chi connectivity index (χ4v) is 3.99. The molecule has 0 saturated heterocycles. The number of hydrogen-bond acceptors (Lipinski definition) is 6. The van der Waals surface area contributed by atoms with E-state index in [1.165, 1.54) is 24.3 Å². The third kappa shape index (κ3) is 6.31. The van der Waals surface area contributed by atoms with Gasteiger partial charge in [0.2, 0.25) is 10.0 Å². The second-order valence-electron chi connectivity index (χ2n) is 5.30. The van der Waals surface area contributed by atoms with E-state index in [1.54, 1.807) is 18.2 Å². The molecule has 0 bridgehead atoms. The molecule has 0 aliphatic carbocycles. The van der Waals surface area contributed by atoms with Crippen LogP contribution in [0.2, 0.25) is 5.02 Å². The third-order valence-corrected chi connectivity index (χ3v) is 5.61. The highest BCUT2D eigenvalue weighted by Crippen LogP contribution is 2.24. The Morgan fingerprint density at radius 2 is 1.96 bits per heavy atom. The van der Waals surface area contributed by atoms with Crippen molar-refractivity contribution in [2.45, 2.75) is 4.90 Å². The van der Waals surface area contributed by atoms with Gasteiger partial charge >= 0.3 is 5.97 Å². The van der Waals surface area contributed by atoms with Crippen LogP contribution in [0.5, 0.6) is 0 Å². The number of sulfonamides is 1. The van der Waals surface area contributed by atoms with Crippen LogP contribution in [-0.2, 0) is 24.3 Å². The SMILES string of the molecule is N#Cc1cccc(NC(=O)COC(=O)CNS(=O)(=O)c2ccc(Br)cc2Cl)c1. The number of nitrogens with zero attached hydrogens (tertiary/aromatic N) is 1. The maximum absolute atomic E-state index is 12.2. The van der Waals surface area contributed by atoms with Crippen LogP contribution in [0.3, 0.4) is 0 Å². The predicted octanol–water partition coefficient (Wildman–Crippen LogP) is 2.43. The van der Waals surface area contributed by atoms with Crippen molar-refractivity contribution in [1.82, 2.24) is 4.72 Å². The number of ether oxygens (including phenoxy) is 1. The van der Waals surface area contributed by atoms with Crippen LogP contribution in [0, 0.1) is 11.3 Å². The van der Waals surface area contributed by atoms with Crippen LogP contribution < -0.4 is 10.0 Å². The van der Waals surface area contributed by atoms with Crippen molar-refractivity contribution in [1.29, 1.82) is 5.26 Å². The highest BCUT2D eigenvalue weighted by molar-refractivity contribution is 9.10. The lowest BCUT2D eigenvalue weighted by atomic mass is 10.2. The maximum atomic E-state index is 12.2. The highest BCUT2D eigenvalue weighted by atomic mass is 79.9. The van der Waals surface area contributed by atoms with E-state index in [9.17, 15) is 18.0 Å². The monoisotopic (exact) mass is 485 g/mol. The number of amides is 1. The van der Waals surface area contributed by atoms with Gasteiger partial charge in [0, 0.05) is 10.2 Å². The molecule has 2 aromatic carbocycles. The molecule has 0 aliphatic heterocycles. The summed E-state index contributed by atoms with van der Waals surface area (Å²) in [6, 6.07) is 12.3. The second kappa shape index (κ2) is 9.66. The molecule has 0 unspecified atom stereocenters. The number of carbonyl (C=O) groups is 2. The Kier molecular flexibility index (Phi) is 7.53. The first-order chi connectivity index (χ1) is 13.2. The molecule has 146 valence electrons. The first-order valence-electron chi connectivity index (χ1n) is 7.61. The van der Waals surface area contributed by atoms with E-state index in [2.05, 4.69) is 26.0 Å². The molecule has 0 aromatic heterocycles. The van der Waals surface area contributed by atoms with Crippen molar-refractivity contribution >= 4 is 55.1 Å². The zero-order chi connectivity index (χ0) is 20.7. The number of esters is 1. The summed E-state index contributed by atoms with van der Waals surface area (Å²) >= 11 is 9.06. The molecule has 8 nitrogen and oxygen atoms in total. The van der Waals surface area contributed by atoms with Crippen molar-refractivity contribution < 1.29 is 22.7 Å². The summed E-state index contributed by atoms with van der Waals surface area (Å²) in [7, 11) is -4.03. The van der Waals surface area contributed by atoms with E-state index in [0.717, 1.165) is 0 Å². The molecule has 0 atom stereocenters. The molecule has 0 fully saturated rings. The lowest BCUT2D eigenvalue weighted by Gasteiger charge is -2.09. The molecule has 0 radical (unpaired) electrons. The van der Waals surface area contributed by atoms with E-state index >= 15 is 0 Å². The minimum absolute atomic E-state index is 0.0192. The number of carbonyl (C=O) groups excluding carboxylic acids is 2. The van der Waals surface area contributed by atoms with E-state index in [0.29, 0.717) is 15.7 Å². The van der Waals surface area contributed by atoms with Gasteiger partial charge in [-0.25, -0.2) is 8.42 Å². The Labute approximate surface area is 174 Å². The first-order valence-corrected chi connectivity index (χ1v) is 10.3. The van der Waals surface area contributed by atoms with Gasteiger partial charge in [0.25, 0.3) is 5.91 Å². The summed E-state index contributed by atoms with van der Waals surface area (Å²) in [5.41, 5.74) is 0.724. The van der Waals surface area contributed by atoms with E-state index in [1.807, 2.05) is 6.07 Å². The number of halogens is 2. The fraction of sp³-hybridized carbons (Fsp3) is 0.118. The molecule has 2 rings (SSSR count). The number of nitriles is 1. The molecular weight excluding hydrogens is 474 g/mol. The quantitative estimate of drug-likeness (QED) is 0.579. The summed E-state index contributed by atoms with van der Waals surface area (Å²) in [6.07, 6.45) is 0. The normalized spacial score (nSPS) is 10.8. The molecule has 28 heavy (non-hydrogen) atoms. The van der Waals surface area contributed by atoms with Crippen molar-refractivity contribution in [3.8, 4) is 6.07 Å². The number of nitrogens with one attached hydrogen (secondary N) is 2. The van der Waals surface area contributed by atoms with Crippen molar-refractivity contribution in [3.05, 3.63) is 57.5 Å². The van der Waals surface area contributed by atoms with Gasteiger partial charge in [-0.05, 0) is 36.4 Å². The van der Waals surface area contributed by atoms with Gasteiger partial charge < -0.3 is 10.1 Å². The first kappa shape index (κ1) is 21.8. The average Bonchev–Trinajstić information content (AvgIpc) is 2.64. The Balaban J connectivity index is 1.85. The van der Waals surface area contributed by atoms with Crippen molar-refractivity contribution in [3.63, 3.8) is 0 Å². The second-order valence-corrected chi connectivity index (χ2v) is 8.36. The van der Waals surface area contributed by atoms with Crippen molar-refractivity contribution in [2.75, 3.05) is 18.5 Å². The van der Waals surface area contributed by atoms with Gasteiger partial charge in [-0.3, -0.25) is 9.59 Å². The predicted molar refractivity (Wildman–Crippen MR) is 105 cm³/mol. The molecule has 0 spiro atoms. The Hall–Kier alpha value is -2.45. The molecule has 11 heteroatoms. The average molecular weight is 487 g/mol. The van der Waals surface area contributed by atoms with Gasteiger partial charge in [0.15, 0.2) is 6.61 Å².